The highest BCUT2D eigenvalue weighted by Gasteiger charge is 2.13. The van der Waals surface area contributed by atoms with E-state index in [9.17, 15) is 4.79 Å². The number of anilines is 1. The molecular weight excluding hydrogens is 284 g/mol. The molecule has 0 radical (unpaired) electrons. The maximum Gasteiger partial charge on any atom is 0.291 e. The molecule has 0 fully saturated rings. The molecule has 0 atom stereocenters. The number of amides is 1. The first kappa shape index (κ1) is 12.3. The van der Waals surface area contributed by atoms with Crippen LogP contribution in [0.1, 0.15) is 10.6 Å². The van der Waals surface area contributed by atoms with Crippen LogP contribution < -0.4 is 5.32 Å². The van der Waals surface area contributed by atoms with E-state index in [1.807, 2.05) is 0 Å². The molecule has 1 aromatic heterocycles. The number of benzene rings is 1. The Morgan fingerprint density at radius 1 is 1.12 bits per heavy atom. The van der Waals surface area contributed by atoms with E-state index in [0.29, 0.717) is 10.7 Å². The third-order valence-corrected chi connectivity index (χ3v) is 3.02. The summed E-state index contributed by atoms with van der Waals surface area (Å²) in [4.78, 5) is 11.7. The number of rotatable bonds is 2. The highest BCUT2D eigenvalue weighted by atomic mass is 35.5. The zero-order chi connectivity index (χ0) is 12.4. The predicted molar refractivity (Wildman–Crippen MR) is 68.1 cm³/mol. The number of hydrogen-bond acceptors (Lipinski definition) is 2. The first-order chi connectivity index (χ1) is 8.08. The summed E-state index contributed by atoms with van der Waals surface area (Å²) in [6.45, 7) is 0. The maximum absolute atomic E-state index is 11.7. The second kappa shape index (κ2) is 5.00. The summed E-state index contributed by atoms with van der Waals surface area (Å²) in [5.74, 6) is -0.341. The van der Waals surface area contributed by atoms with Crippen LogP contribution in [0.5, 0.6) is 0 Å². The Morgan fingerprint density at radius 3 is 2.53 bits per heavy atom. The van der Waals surface area contributed by atoms with E-state index in [0.717, 1.165) is 0 Å². The summed E-state index contributed by atoms with van der Waals surface area (Å²) in [5.41, 5.74) is 0.414. The number of nitrogens with one attached hydrogen (secondary N) is 1. The van der Waals surface area contributed by atoms with E-state index in [-0.39, 0.29) is 16.0 Å². The van der Waals surface area contributed by atoms with E-state index in [2.05, 4.69) is 5.32 Å². The minimum absolute atomic E-state index is 0.103. The molecule has 88 valence electrons. The molecule has 1 N–H and O–H groups in total. The molecular formula is C11H6Cl3NO2. The van der Waals surface area contributed by atoms with E-state index in [4.69, 9.17) is 39.2 Å². The molecule has 2 aromatic rings. The third kappa shape index (κ3) is 2.75. The van der Waals surface area contributed by atoms with Crippen LogP contribution in [0.2, 0.25) is 15.3 Å². The van der Waals surface area contributed by atoms with Crippen molar-refractivity contribution in [3.63, 3.8) is 0 Å². The van der Waals surface area contributed by atoms with Crippen LogP contribution in [0.3, 0.4) is 0 Å². The summed E-state index contributed by atoms with van der Waals surface area (Å²) in [6.07, 6.45) is 0. The molecule has 0 bridgehead atoms. The summed E-state index contributed by atoms with van der Waals surface area (Å²) < 4.78 is 4.96. The van der Waals surface area contributed by atoms with Crippen molar-refractivity contribution in [3.05, 3.63) is 51.4 Å². The fourth-order valence-electron chi connectivity index (χ4n) is 1.22. The minimum Gasteiger partial charge on any atom is -0.440 e. The van der Waals surface area contributed by atoms with Gasteiger partial charge in [0.05, 0.1) is 15.7 Å². The normalized spacial score (nSPS) is 10.3. The van der Waals surface area contributed by atoms with E-state index in [1.54, 1.807) is 18.2 Å². The molecule has 1 amide bonds. The summed E-state index contributed by atoms with van der Waals surface area (Å²) >= 11 is 17.3. The number of halogens is 3. The van der Waals surface area contributed by atoms with Crippen molar-refractivity contribution in [2.45, 2.75) is 0 Å². The van der Waals surface area contributed by atoms with Gasteiger partial charge in [-0.2, -0.15) is 0 Å². The van der Waals surface area contributed by atoms with Crippen molar-refractivity contribution >= 4 is 46.4 Å². The van der Waals surface area contributed by atoms with Crippen molar-refractivity contribution in [3.8, 4) is 0 Å². The topological polar surface area (TPSA) is 42.2 Å². The SMILES string of the molecule is O=C(Nc1cccc(Cl)c1Cl)c1ccc(Cl)o1. The molecule has 6 heteroatoms. The zero-order valence-electron chi connectivity index (χ0n) is 8.34. The molecule has 1 heterocycles. The van der Waals surface area contributed by atoms with Gasteiger partial charge in [0.25, 0.3) is 5.91 Å². The maximum atomic E-state index is 11.7. The Bertz CT molecular complexity index is 566. The Kier molecular flexibility index (Phi) is 3.62. The number of furan rings is 1. The van der Waals surface area contributed by atoms with Gasteiger partial charge in [0.15, 0.2) is 11.0 Å². The van der Waals surface area contributed by atoms with Crippen molar-refractivity contribution < 1.29 is 9.21 Å². The van der Waals surface area contributed by atoms with Crippen LogP contribution in [0.4, 0.5) is 5.69 Å². The van der Waals surface area contributed by atoms with Crippen LogP contribution in [0.15, 0.2) is 34.7 Å². The number of carbonyl (C=O) groups excluding carboxylic acids is 1. The minimum atomic E-state index is -0.443. The second-order valence-corrected chi connectivity index (χ2v) is 4.32. The van der Waals surface area contributed by atoms with E-state index < -0.39 is 5.91 Å². The van der Waals surface area contributed by atoms with Crippen LogP contribution in [-0.2, 0) is 0 Å². The first-order valence-electron chi connectivity index (χ1n) is 4.58. The highest BCUT2D eigenvalue weighted by Crippen LogP contribution is 2.30. The summed E-state index contributed by atoms with van der Waals surface area (Å²) in [5, 5.41) is 3.36. The Balaban J connectivity index is 2.21. The second-order valence-electron chi connectivity index (χ2n) is 3.16. The molecule has 3 nitrogen and oxygen atoms in total. The monoisotopic (exact) mass is 289 g/mol. The lowest BCUT2D eigenvalue weighted by Gasteiger charge is -2.06. The third-order valence-electron chi connectivity index (χ3n) is 2.00. The molecule has 0 aliphatic carbocycles. The summed E-state index contributed by atoms with van der Waals surface area (Å²) in [7, 11) is 0. The van der Waals surface area contributed by atoms with Gasteiger partial charge in [0.2, 0.25) is 0 Å². The molecule has 0 aliphatic rings. The Hall–Kier alpha value is -1.16. The average molecular weight is 291 g/mol. The van der Waals surface area contributed by atoms with Crippen molar-refractivity contribution in [1.82, 2.24) is 0 Å². The fraction of sp³-hybridized carbons (Fsp3) is 0. The fourth-order valence-corrected chi connectivity index (χ4v) is 1.71. The molecule has 0 spiro atoms. The molecule has 2 rings (SSSR count). The van der Waals surface area contributed by atoms with E-state index in [1.165, 1.54) is 12.1 Å². The van der Waals surface area contributed by atoms with Crippen molar-refractivity contribution in [1.29, 1.82) is 0 Å². The van der Waals surface area contributed by atoms with Gasteiger partial charge in [-0.1, -0.05) is 29.3 Å². The van der Waals surface area contributed by atoms with Gasteiger partial charge in [-0.3, -0.25) is 4.79 Å². The van der Waals surface area contributed by atoms with Crippen LogP contribution in [0.25, 0.3) is 0 Å². The predicted octanol–water partition coefficient (Wildman–Crippen LogP) is 4.49. The van der Waals surface area contributed by atoms with Gasteiger partial charge in [-0.15, -0.1) is 0 Å². The van der Waals surface area contributed by atoms with Crippen LogP contribution in [-0.4, -0.2) is 5.91 Å². The lowest BCUT2D eigenvalue weighted by atomic mass is 10.3. The Labute approximate surface area is 112 Å². The standard InChI is InChI=1S/C11H6Cl3NO2/c12-6-2-1-3-7(10(6)14)15-11(16)8-4-5-9(13)17-8/h1-5H,(H,15,16). The van der Waals surface area contributed by atoms with Crippen molar-refractivity contribution in [2.75, 3.05) is 5.32 Å². The molecule has 0 saturated carbocycles. The molecule has 0 unspecified atom stereocenters. The largest absolute Gasteiger partial charge is 0.440 e. The molecule has 1 aromatic carbocycles. The lowest BCUT2D eigenvalue weighted by molar-refractivity contribution is 0.0997. The van der Waals surface area contributed by atoms with Gasteiger partial charge in [-0.25, -0.2) is 0 Å². The van der Waals surface area contributed by atoms with Gasteiger partial charge in [0, 0.05) is 0 Å². The van der Waals surface area contributed by atoms with Gasteiger partial charge < -0.3 is 9.73 Å². The molecule has 0 saturated heterocycles. The molecule has 0 aliphatic heterocycles. The smallest absolute Gasteiger partial charge is 0.291 e. The first-order valence-corrected chi connectivity index (χ1v) is 5.72. The number of hydrogen-bond donors (Lipinski definition) is 1. The van der Waals surface area contributed by atoms with E-state index >= 15 is 0 Å². The highest BCUT2D eigenvalue weighted by molar-refractivity contribution is 6.44. The van der Waals surface area contributed by atoms with Crippen molar-refractivity contribution in [2.24, 2.45) is 0 Å². The van der Waals surface area contributed by atoms with Gasteiger partial charge >= 0.3 is 0 Å². The lowest BCUT2D eigenvalue weighted by Crippen LogP contribution is -2.11. The average Bonchev–Trinajstić information content (AvgIpc) is 2.72. The van der Waals surface area contributed by atoms with Gasteiger partial charge in [-0.05, 0) is 35.9 Å². The quantitative estimate of drug-likeness (QED) is 0.885. The van der Waals surface area contributed by atoms with Gasteiger partial charge in [0.1, 0.15) is 0 Å². The van der Waals surface area contributed by atoms with Crippen LogP contribution in [0, 0.1) is 0 Å². The van der Waals surface area contributed by atoms with Crippen LogP contribution >= 0.6 is 34.8 Å². The summed E-state index contributed by atoms with van der Waals surface area (Å²) in [6, 6.07) is 7.89. The molecule has 17 heavy (non-hydrogen) atoms. The Morgan fingerprint density at radius 2 is 1.88 bits per heavy atom. The zero-order valence-corrected chi connectivity index (χ0v) is 10.6. The number of carbonyl (C=O) groups is 1.